The molecule has 3 heteroatoms. The Morgan fingerprint density at radius 2 is 1.52 bits per heavy atom. The van der Waals surface area contributed by atoms with Gasteiger partial charge in [-0.15, -0.1) is 0 Å². The minimum absolute atomic E-state index is 0.353. The molecule has 3 aliphatic carbocycles. The summed E-state index contributed by atoms with van der Waals surface area (Å²) in [7, 11) is 2.09. The zero-order chi connectivity index (χ0) is 23.6. The molecule has 1 aliphatic heterocycles. The van der Waals surface area contributed by atoms with Crippen LogP contribution in [-0.2, 0) is 4.79 Å². The largest absolute Gasteiger partial charge is 0.342 e. The van der Waals surface area contributed by atoms with Crippen LogP contribution >= 0.6 is 0 Å². The van der Waals surface area contributed by atoms with Gasteiger partial charge in [-0.05, 0) is 99.5 Å². The molecule has 0 N–H and O–H groups in total. The molecule has 7 atom stereocenters. The zero-order valence-electron chi connectivity index (χ0n) is 22.7. The second kappa shape index (κ2) is 10.6. The summed E-state index contributed by atoms with van der Waals surface area (Å²) in [5.74, 6) is 3.03. The van der Waals surface area contributed by atoms with E-state index in [2.05, 4.69) is 44.5 Å². The Labute approximate surface area is 205 Å². The molecule has 0 bridgehead atoms. The lowest BCUT2D eigenvalue weighted by Crippen LogP contribution is -2.62. The summed E-state index contributed by atoms with van der Waals surface area (Å²) < 4.78 is 0. The summed E-state index contributed by atoms with van der Waals surface area (Å²) in [5.41, 5.74) is 0.865. The van der Waals surface area contributed by atoms with Gasteiger partial charge in [-0.1, -0.05) is 59.8 Å². The van der Waals surface area contributed by atoms with E-state index < -0.39 is 0 Å². The fourth-order valence-electron chi connectivity index (χ4n) is 9.43. The van der Waals surface area contributed by atoms with Crippen LogP contribution in [0.5, 0.6) is 0 Å². The van der Waals surface area contributed by atoms with E-state index in [1.807, 2.05) is 0 Å². The SMILES string of the molecule is CCCCCCCN(CCCC)[C@H]1CC[C@H]2[C@@H]3CC[C@H]4N(C)C(=O)CC[C@]4(C)[C@H]3CC[C@]12C. The van der Waals surface area contributed by atoms with Crippen molar-refractivity contribution >= 4 is 5.91 Å². The van der Waals surface area contributed by atoms with Crippen molar-refractivity contribution in [3.63, 3.8) is 0 Å². The summed E-state index contributed by atoms with van der Waals surface area (Å²) in [4.78, 5) is 17.6. The van der Waals surface area contributed by atoms with E-state index in [9.17, 15) is 4.79 Å². The molecule has 0 unspecified atom stereocenters. The van der Waals surface area contributed by atoms with Gasteiger partial charge in [-0.25, -0.2) is 0 Å². The average molecular weight is 459 g/mol. The number of nitrogens with zero attached hydrogens (tertiary/aromatic N) is 2. The lowest BCUT2D eigenvalue weighted by molar-refractivity contribution is -0.158. The van der Waals surface area contributed by atoms with Crippen LogP contribution in [0.1, 0.15) is 124 Å². The maximum Gasteiger partial charge on any atom is 0.222 e. The Morgan fingerprint density at radius 1 is 0.818 bits per heavy atom. The normalized spacial score (nSPS) is 40.6. The average Bonchev–Trinajstić information content (AvgIpc) is 3.16. The number of piperidine rings is 1. The van der Waals surface area contributed by atoms with Crippen molar-refractivity contribution in [1.82, 2.24) is 9.80 Å². The van der Waals surface area contributed by atoms with Crippen molar-refractivity contribution in [2.75, 3.05) is 20.1 Å². The van der Waals surface area contributed by atoms with Crippen molar-refractivity contribution in [1.29, 1.82) is 0 Å². The quantitative estimate of drug-likeness (QED) is 0.321. The highest BCUT2D eigenvalue weighted by Crippen LogP contribution is 2.65. The smallest absolute Gasteiger partial charge is 0.222 e. The molecule has 0 aromatic carbocycles. The van der Waals surface area contributed by atoms with Crippen molar-refractivity contribution in [2.24, 2.45) is 28.6 Å². The van der Waals surface area contributed by atoms with E-state index in [0.29, 0.717) is 22.8 Å². The molecular formula is C30H54N2O. The maximum absolute atomic E-state index is 12.5. The number of carbonyl (C=O) groups excluding carboxylic acids is 1. The van der Waals surface area contributed by atoms with E-state index in [4.69, 9.17) is 0 Å². The van der Waals surface area contributed by atoms with Crippen LogP contribution < -0.4 is 0 Å². The molecule has 0 aromatic rings. The Kier molecular flexibility index (Phi) is 8.19. The number of likely N-dealkylation sites (tertiary alicyclic amines) is 1. The summed E-state index contributed by atoms with van der Waals surface area (Å²) >= 11 is 0. The second-order valence-corrected chi connectivity index (χ2v) is 12.9. The lowest BCUT2D eigenvalue weighted by Gasteiger charge is -2.62. The molecule has 190 valence electrons. The van der Waals surface area contributed by atoms with Gasteiger partial charge in [0.1, 0.15) is 0 Å². The van der Waals surface area contributed by atoms with Crippen molar-refractivity contribution < 1.29 is 4.79 Å². The molecule has 4 rings (SSSR count). The van der Waals surface area contributed by atoms with Crippen LogP contribution in [0.25, 0.3) is 0 Å². The molecule has 1 saturated heterocycles. The van der Waals surface area contributed by atoms with E-state index in [0.717, 1.165) is 36.6 Å². The summed E-state index contributed by atoms with van der Waals surface area (Å²) in [6, 6.07) is 1.30. The Balaban J connectivity index is 1.47. The first-order valence-electron chi connectivity index (χ1n) is 14.9. The van der Waals surface area contributed by atoms with E-state index in [-0.39, 0.29) is 0 Å². The number of amides is 1. The van der Waals surface area contributed by atoms with Gasteiger partial charge in [0.05, 0.1) is 0 Å². The molecule has 3 saturated carbocycles. The third-order valence-corrected chi connectivity index (χ3v) is 11.3. The lowest BCUT2D eigenvalue weighted by atomic mass is 9.47. The van der Waals surface area contributed by atoms with Gasteiger partial charge in [0.25, 0.3) is 0 Å². The maximum atomic E-state index is 12.5. The first-order valence-corrected chi connectivity index (χ1v) is 14.9. The summed E-state index contributed by atoms with van der Waals surface area (Å²) in [6.45, 7) is 12.6. The van der Waals surface area contributed by atoms with E-state index in [1.165, 1.54) is 96.6 Å². The number of hydrogen-bond donors (Lipinski definition) is 0. The number of hydrogen-bond acceptors (Lipinski definition) is 2. The van der Waals surface area contributed by atoms with Gasteiger partial charge in [0.15, 0.2) is 0 Å². The monoisotopic (exact) mass is 458 g/mol. The van der Waals surface area contributed by atoms with Crippen molar-refractivity contribution in [2.45, 2.75) is 136 Å². The highest BCUT2D eigenvalue weighted by atomic mass is 16.2. The van der Waals surface area contributed by atoms with Crippen molar-refractivity contribution in [3.05, 3.63) is 0 Å². The van der Waals surface area contributed by atoms with Crippen LogP contribution in [0.2, 0.25) is 0 Å². The minimum Gasteiger partial charge on any atom is -0.342 e. The molecule has 4 fully saturated rings. The molecule has 4 aliphatic rings. The van der Waals surface area contributed by atoms with E-state index in [1.54, 1.807) is 0 Å². The highest BCUT2D eigenvalue weighted by Gasteiger charge is 2.61. The van der Waals surface area contributed by atoms with Crippen LogP contribution in [0.3, 0.4) is 0 Å². The number of carbonyl (C=O) groups is 1. The van der Waals surface area contributed by atoms with Gasteiger partial charge < -0.3 is 4.90 Å². The van der Waals surface area contributed by atoms with Crippen LogP contribution in [0.15, 0.2) is 0 Å². The minimum atomic E-state index is 0.353. The van der Waals surface area contributed by atoms with Crippen LogP contribution in [-0.4, -0.2) is 47.9 Å². The third kappa shape index (κ3) is 4.66. The molecule has 0 spiro atoms. The summed E-state index contributed by atoms with van der Waals surface area (Å²) in [5, 5.41) is 0. The molecule has 1 heterocycles. The Morgan fingerprint density at radius 3 is 2.27 bits per heavy atom. The molecular weight excluding hydrogens is 404 g/mol. The Bertz CT molecular complexity index is 664. The fourth-order valence-corrected chi connectivity index (χ4v) is 9.43. The van der Waals surface area contributed by atoms with Gasteiger partial charge >= 0.3 is 0 Å². The third-order valence-electron chi connectivity index (χ3n) is 11.3. The fraction of sp³-hybridized carbons (Fsp3) is 0.967. The van der Waals surface area contributed by atoms with E-state index >= 15 is 0 Å². The predicted molar refractivity (Wildman–Crippen MR) is 139 cm³/mol. The van der Waals surface area contributed by atoms with Gasteiger partial charge in [-0.3, -0.25) is 9.69 Å². The molecule has 3 nitrogen and oxygen atoms in total. The Hall–Kier alpha value is -0.570. The zero-order valence-corrected chi connectivity index (χ0v) is 22.7. The van der Waals surface area contributed by atoms with Gasteiger partial charge in [-0.2, -0.15) is 0 Å². The van der Waals surface area contributed by atoms with Crippen LogP contribution in [0, 0.1) is 28.6 Å². The van der Waals surface area contributed by atoms with Crippen LogP contribution in [0.4, 0.5) is 0 Å². The number of fused-ring (bicyclic) bond motifs is 5. The highest BCUT2D eigenvalue weighted by molar-refractivity contribution is 5.77. The first-order chi connectivity index (χ1) is 15.9. The topological polar surface area (TPSA) is 23.6 Å². The molecule has 0 radical (unpaired) electrons. The van der Waals surface area contributed by atoms with Gasteiger partial charge in [0.2, 0.25) is 5.91 Å². The van der Waals surface area contributed by atoms with Crippen molar-refractivity contribution in [3.8, 4) is 0 Å². The molecule has 33 heavy (non-hydrogen) atoms. The molecule has 1 amide bonds. The van der Waals surface area contributed by atoms with Gasteiger partial charge in [0, 0.05) is 25.6 Å². The predicted octanol–water partition coefficient (Wildman–Crippen LogP) is 7.29. The summed E-state index contributed by atoms with van der Waals surface area (Å²) in [6.07, 6.45) is 19.9. The first kappa shape index (κ1) is 25.5. The number of unbranched alkanes of at least 4 members (excludes halogenated alkanes) is 5. The second-order valence-electron chi connectivity index (χ2n) is 12.9. The number of rotatable bonds is 10. The standard InChI is InChI=1S/C30H54N2O/c1-6-8-10-11-12-22-32(21-9-7-2)27-16-14-24-23-13-15-26-29(3,20-18-28(33)31(26)5)25(23)17-19-30(24,27)4/h23-27H,6-22H2,1-5H3/t23-,24-,25-,26+,27-,29+,30-/m0/s1. The molecule has 0 aromatic heterocycles.